The maximum atomic E-state index is 11.6. The van der Waals surface area contributed by atoms with Gasteiger partial charge in [0.05, 0.1) is 0 Å². The summed E-state index contributed by atoms with van der Waals surface area (Å²) in [6, 6.07) is 7.81. The number of carbonyl (C=O) groups is 2. The lowest BCUT2D eigenvalue weighted by Gasteiger charge is -2.12. The van der Waals surface area contributed by atoms with Gasteiger partial charge in [-0.2, -0.15) is 8.42 Å². The fraction of sp³-hybridized carbons (Fsp3) is 0.385. The molecule has 1 aromatic rings. The second kappa shape index (κ2) is 7.75. The third-order valence-electron chi connectivity index (χ3n) is 2.72. The molecule has 1 unspecified atom stereocenters. The third-order valence-corrected chi connectivity index (χ3v) is 3.48. The molecule has 1 amide bonds. The van der Waals surface area contributed by atoms with Crippen molar-refractivity contribution in [1.82, 2.24) is 5.32 Å². The summed E-state index contributed by atoms with van der Waals surface area (Å²) >= 11 is 0. The number of hydrogen-bond donors (Lipinski definition) is 3. The molecule has 3 N–H and O–H groups in total. The molecule has 0 aliphatic carbocycles. The highest BCUT2D eigenvalue weighted by Gasteiger charge is 2.25. The number of carboxylic acids is 1. The van der Waals surface area contributed by atoms with E-state index in [1.807, 2.05) is 30.3 Å². The number of amides is 1. The topological polar surface area (TPSA) is 121 Å². The SMILES string of the molecule is O=C(CCCc1ccccc1)NC(CS(=O)(=O)O)C(=O)O. The molecule has 0 radical (unpaired) electrons. The second-order valence-electron chi connectivity index (χ2n) is 4.55. The van der Waals surface area contributed by atoms with E-state index in [4.69, 9.17) is 9.66 Å². The molecule has 0 heterocycles. The average molecular weight is 315 g/mol. The minimum absolute atomic E-state index is 0.0736. The van der Waals surface area contributed by atoms with Crippen molar-refractivity contribution in [1.29, 1.82) is 0 Å². The monoisotopic (exact) mass is 315 g/mol. The van der Waals surface area contributed by atoms with Crippen LogP contribution < -0.4 is 5.32 Å². The minimum atomic E-state index is -4.47. The first-order valence-electron chi connectivity index (χ1n) is 6.29. The lowest BCUT2D eigenvalue weighted by molar-refractivity contribution is -0.141. The molecule has 1 atom stereocenters. The predicted molar refractivity (Wildman–Crippen MR) is 75.4 cm³/mol. The molecule has 116 valence electrons. The molecule has 7 nitrogen and oxygen atoms in total. The van der Waals surface area contributed by atoms with E-state index in [1.165, 1.54) is 0 Å². The van der Waals surface area contributed by atoms with Gasteiger partial charge in [-0.1, -0.05) is 30.3 Å². The van der Waals surface area contributed by atoms with Gasteiger partial charge in [-0.25, -0.2) is 4.79 Å². The van der Waals surface area contributed by atoms with Crippen molar-refractivity contribution in [3.05, 3.63) is 35.9 Å². The van der Waals surface area contributed by atoms with Gasteiger partial charge in [-0.05, 0) is 18.4 Å². The largest absolute Gasteiger partial charge is 0.480 e. The molecule has 0 aliphatic rings. The fourth-order valence-electron chi connectivity index (χ4n) is 1.75. The molecule has 1 rings (SSSR count). The quantitative estimate of drug-likeness (QED) is 0.600. The lowest BCUT2D eigenvalue weighted by atomic mass is 10.1. The normalized spacial score (nSPS) is 12.6. The Hall–Kier alpha value is -1.93. The minimum Gasteiger partial charge on any atom is -0.480 e. The van der Waals surface area contributed by atoms with Gasteiger partial charge in [0.25, 0.3) is 10.1 Å². The van der Waals surface area contributed by atoms with Gasteiger partial charge in [0, 0.05) is 6.42 Å². The number of aryl methyl sites for hydroxylation is 1. The standard InChI is InChI=1S/C13H17NO6S/c15-12(8-4-7-10-5-2-1-3-6-10)14-11(13(16)17)9-21(18,19)20/h1-3,5-6,11H,4,7-9H2,(H,14,15)(H,16,17)(H,18,19,20). The molecule has 0 bridgehead atoms. The smallest absolute Gasteiger partial charge is 0.327 e. The predicted octanol–water partition coefficient (Wildman–Crippen LogP) is 0.466. The second-order valence-corrected chi connectivity index (χ2v) is 6.04. The summed E-state index contributed by atoms with van der Waals surface area (Å²) in [7, 11) is -4.47. The summed E-state index contributed by atoms with van der Waals surface area (Å²) in [6.07, 6.45) is 1.24. The van der Waals surface area contributed by atoms with Crippen molar-refractivity contribution < 1.29 is 27.7 Å². The molecule has 0 saturated carbocycles. The highest BCUT2D eigenvalue weighted by Crippen LogP contribution is 2.04. The summed E-state index contributed by atoms with van der Waals surface area (Å²) in [5.41, 5.74) is 1.05. The van der Waals surface area contributed by atoms with Crippen molar-refractivity contribution in [2.45, 2.75) is 25.3 Å². The Labute approximate surface area is 122 Å². The molecule has 0 aromatic heterocycles. The maximum absolute atomic E-state index is 11.6. The average Bonchev–Trinajstić information content (AvgIpc) is 2.37. The van der Waals surface area contributed by atoms with Crippen molar-refractivity contribution in [2.75, 3.05) is 5.75 Å². The molecule has 0 aliphatic heterocycles. The van der Waals surface area contributed by atoms with Gasteiger partial charge in [0.2, 0.25) is 5.91 Å². The van der Waals surface area contributed by atoms with Crippen LogP contribution in [0.15, 0.2) is 30.3 Å². The number of benzene rings is 1. The lowest BCUT2D eigenvalue weighted by Crippen LogP contribution is -2.45. The van der Waals surface area contributed by atoms with Crippen LogP contribution in [0.25, 0.3) is 0 Å². The Balaban J connectivity index is 2.42. The van der Waals surface area contributed by atoms with E-state index in [2.05, 4.69) is 5.32 Å². The van der Waals surface area contributed by atoms with Gasteiger partial charge < -0.3 is 10.4 Å². The Bertz CT molecular complexity index is 584. The van der Waals surface area contributed by atoms with Gasteiger partial charge in [-0.3, -0.25) is 9.35 Å². The summed E-state index contributed by atoms with van der Waals surface area (Å²) in [5, 5.41) is 10.9. The van der Waals surface area contributed by atoms with Crippen molar-refractivity contribution >= 4 is 22.0 Å². The van der Waals surface area contributed by atoms with E-state index in [0.717, 1.165) is 5.56 Å². The molecule has 0 spiro atoms. The first kappa shape index (κ1) is 17.1. The van der Waals surface area contributed by atoms with Crippen molar-refractivity contribution in [2.24, 2.45) is 0 Å². The summed E-state index contributed by atoms with van der Waals surface area (Å²) in [5.74, 6) is -3.13. The number of hydrogen-bond acceptors (Lipinski definition) is 4. The Morgan fingerprint density at radius 2 is 1.81 bits per heavy atom. The third kappa shape index (κ3) is 7.42. The highest BCUT2D eigenvalue weighted by atomic mass is 32.2. The molecule has 0 saturated heterocycles. The number of rotatable bonds is 8. The highest BCUT2D eigenvalue weighted by molar-refractivity contribution is 7.85. The molecular formula is C13H17NO6S. The molecule has 0 fully saturated rings. The number of carboxylic acid groups (broad SMARTS) is 1. The van der Waals surface area contributed by atoms with Crippen LogP contribution in [0, 0.1) is 0 Å². The van der Waals surface area contributed by atoms with Crippen molar-refractivity contribution in [3.63, 3.8) is 0 Å². The van der Waals surface area contributed by atoms with Crippen LogP contribution in [0.5, 0.6) is 0 Å². The maximum Gasteiger partial charge on any atom is 0.327 e. The molecular weight excluding hydrogens is 298 g/mol. The van der Waals surface area contributed by atoms with Crippen LogP contribution in [-0.4, -0.2) is 41.7 Å². The van der Waals surface area contributed by atoms with Crippen LogP contribution in [0.2, 0.25) is 0 Å². The van der Waals surface area contributed by atoms with Crippen LogP contribution in [0.1, 0.15) is 18.4 Å². The molecule has 8 heteroatoms. The van der Waals surface area contributed by atoms with Crippen LogP contribution in [0.3, 0.4) is 0 Å². The van der Waals surface area contributed by atoms with E-state index in [1.54, 1.807) is 0 Å². The fourth-order valence-corrected chi connectivity index (χ4v) is 2.40. The van der Waals surface area contributed by atoms with Crippen LogP contribution in [0.4, 0.5) is 0 Å². The van der Waals surface area contributed by atoms with Crippen LogP contribution in [-0.2, 0) is 26.1 Å². The first-order chi connectivity index (χ1) is 9.78. The van der Waals surface area contributed by atoms with Gasteiger partial charge in [0.15, 0.2) is 0 Å². The zero-order valence-electron chi connectivity index (χ0n) is 11.2. The number of carbonyl (C=O) groups excluding carboxylic acids is 1. The number of nitrogens with one attached hydrogen (secondary N) is 1. The number of aliphatic carboxylic acids is 1. The Kier molecular flexibility index (Phi) is 6.32. The van der Waals surface area contributed by atoms with E-state index >= 15 is 0 Å². The van der Waals surface area contributed by atoms with Gasteiger partial charge in [-0.15, -0.1) is 0 Å². The zero-order valence-corrected chi connectivity index (χ0v) is 12.0. The van der Waals surface area contributed by atoms with E-state index in [0.29, 0.717) is 12.8 Å². The van der Waals surface area contributed by atoms with E-state index < -0.39 is 33.8 Å². The Morgan fingerprint density at radius 3 is 2.33 bits per heavy atom. The first-order valence-corrected chi connectivity index (χ1v) is 7.90. The van der Waals surface area contributed by atoms with E-state index in [-0.39, 0.29) is 6.42 Å². The van der Waals surface area contributed by atoms with Crippen LogP contribution >= 0.6 is 0 Å². The summed E-state index contributed by atoms with van der Waals surface area (Å²) in [6.45, 7) is 0. The Morgan fingerprint density at radius 1 is 1.19 bits per heavy atom. The van der Waals surface area contributed by atoms with Gasteiger partial charge in [0.1, 0.15) is 11.8 Å². The summed E-state index contributed by atoms with van der Waals surface area (Å²) < 4.78 is 30.0. The molecule has 1 aromatic carbocycles. The van der Waals surface area contributed by atoms with Gasteiger partial charge >= 0.3 is 5.97 Å². The van der Waals surface area contributed by atoms with E-state index in [9.17, 15) is 18.0 Å². The molecule has 21 heavy (non-hydrogen) atoms. The zero-order chi connectivity index (χ0) is 15.9. The summed E-state index contributed by atoms with van der Waals surface area (Å²) in [4.78, 5) is 22.4. The van der Waals surface area contributed by atoms with Crippen molar-refractivity contribution in [3.8, 4) is 0 Å².